The van der Waals surface area contributed by atoms with E-state index in [9.17, 15) is 10.2 Å². The van der Waals surface area contributed by atoms with E-state index < -0.39 is 12.2 Å². The van der Waals surface area contributed by atoms with Crippen molar-refractivity contribution >= 4 is 24.8 Å². The molecule has 1 aromatic carbocycles. The summed E-state index contributed by atoms with van der Waals surface area (Å²) in [5.74, 6) is 0. The molecule has 0 aromatic heterocycles. The molecule has 8 heteroatoms. The number of halogens is 2. The van der Waals surface area contributed by atoms with Crippen molar-refractivity contribution < 1.29 is 19.7 Å². The summed E-state index contributed by atoms with van der Waals surface area (Å²) in [7, 11) is 2.03. The van der Waals surface area contributed by atoms with Gasteiger partial charge in [0.1, 0.15) is 12.2 Å². The van der Waals surface area contributed by atoms with Gasteiger partial charge in [-0.05, 0) is 31.9 Å². The van der Waals surface area contributed by atoms with Gasteiger partial charge in [-0.3, -0.25) is 4.90 Å². The molecule has 3 rings (SSSR count). The van der Waals surface area contributed by atoms with Gasteiger partial charge in [-0.2, -0.15) is 0 Å². The fourth-order valence-electron chi connectivity index (χ4n) is 3.97. The van der Waals surface area contributed by atoms with E-state index in [0.717, 1.165) is 39.0 Å². The molecule has 0 saturated carbocycles. The van der Waals surface area contributed by atoms with Crippen LogP contribution in [0.4, 0.5) is 0 Å². The highest BCUT2D eigenvalue weighted by molar-refractivity contribution is 5.85. The molecule has 1 aromatic rings. The number of ether oxygens (including phenoxy) is 2. The Hall–Kier alpha value is -0.440. The third-order valence-corrected chi connectivity index (χ3v) is 5.58. The zero-order valence-electron chi connectivity index (χ0n) is 16.4. The Bertz CT molecular complexity index is 534. The van der Waals surface area contributed by atoms with Crippen LogP contribution in [0, 0.1) is 0 Å². The maximum Gasteiger partial charge on any atom is 0.109 e. The highest BCUT2D eigenvalue weighted by Gasteiger charge is 2.45. The van der Waals surface area contributed by atoms with Crippen molar-refractivity contribution in [3.05, 3.63) is 35.9 Å². The quantitative estimate of drug-likeness (QED) is 0.569. The molecule has 6 nitrogen and oxygen atoms in total. The molecule has 2 fully saturated rings. The second-order valence-electron chi connectivity index (χ2n) is 7.39. The Morgan fingerprint density at radius 3 is 2.43 bits per heavy atom. The number of rotatable bonds is 8. The van der Waals surface area contributed by atoms with Crippen LogP contribution >= 0.6 is 24.8 Å². The number of hydrogen-bond acceptors (Lipinski definition) is 6. The van der Waals surface area contributed by atoms with Crippen LogP contribution in [0.3, 0.4) is 0 Å². The van der Waals surface area contributed by atoms with Gasteiger partial charge in [0, 0.05) is 32.3 Å². The Labute approximate surface area is 180 Å². The van der Waals surface area contributed by atoms with Crippen LogP contribution in [-0.2, 0) is 15.9 Å². The largest absolute Gasteiger partial charge is 0.394 e. The Morgan fingerprint density at radius 1 is 1.11 bits per heavy atom. The van der Waals surface area contributed by atoms with E-state index in [2.05, 4.69) is 22.3 Å². The molecule has 4 atom stereocenters. The molecule has 0 radical (unpaired) electrons. The second-order valence-corrected chi connectivity index (χ2v) is 7.39. The van der Waals surface area contributed by atoms with Crippen molar-refractivity contribution in [3.63, 3.8) is 0 Å². The summed E-state index contributed by atoms with van der Waals surface area (Å²) in [5, 5.41) is 23.8. The Balaban J connectivity index is 0.00000196. The number of nitrogens with one attached hydrogen (secondary N) is 1. The summed E-state index contributed by atoms with van der Waals surface area (Å²) in [4.78, 5) is 2.17. The summed E-state index contributed by atoms with van der Waals surface area (Å²) in [5.41, 5.74) is 1.28. The number of likely N-dealkylation sites (N-methyl/N-ethyl adjacent to an activating group) is 1. The maximum absolute atomic E-state index is 10.6. The van der Waals surface area contributed by atoms with Gasteiger partial charge < -0.3 is 25.0 Å². The first-order chi connectivity index (χ1) is 12.7. The molecule has 0 unspecified atom stereocenters. The van der Waals surface area contributed by atoms with E-state index >= 15 is 0 Å². The molecular weight excluding hydrogens is 403 g/mol. The van der Waals surface area contributed by atoms with Crippen LogP contribution in [0.2, 0.25) is 0 Å². The SMILES string of the molecule is CN(CCc1ccccc1)[C@@H]1[C@H](O)[C@H](CO)O[C@@H]1CNC1CCOCC1.Cl.Cl. The van der Waals surface area contributed by atoms with E-state index in [1.807, 2.05) is 25.2 Å². The van der Waals surface area contributed by atoms with Crippen molar-refractivity contribution in [1.82, 2.24) is 10.2 Å². The predicted molar refractivity (Wildman–Crippen MR) is 115 cm³/mol. The molecule has 0 spiro atoms. The predicted octanol–water partition coefficient (Wildman–Crippen LogP) is 1.26. The Morgan fingerprint density at radius 2 is 1.79 bits per heavy atom. The number of nitrogens with zero attached hydrogens (tertiary/aromatic N) is 1. The molecule has 3 N–H and O–H groups in total. The van der Waals surface area contributed by atoms with E-state index in [-0.39, 0.29) is 43.6 Å². The summed E-state index contributed by atoms with van der Waals surface area (Å²) in [6.07, 6.45) is 1.61. The maximum atomic E-state index is 10.6. The minimum atomic E-state index is -0.678. The lowest BCUT2D eigenvalue weighted by Gasteiger charge is -2.32. The average Bonchev–Trinajstić information content (AvgIpc) is 3.01. The number of aliphatic hydroxyl groups excluding tert-OH is 2. The minimum absolute atomic E-state index is 0. The molecule has 0 amide bonds. The van der Waals surface area contributed by atoms with Crippen LogP contribution in [0.15, 0.2) is 30.3 Å². The lowest BCUT2D eigenvalue weighted by molar-refractivity contribution is -0.0229. The van der Waals surface area contributed by atoms with Gasteiger partial charge in [-0.15, -0.1) is 24.8 Å². The highest BCUT2D eigenvalue weighted by Crippen LogP contribution is 2.25. The van der Waals surface area contributed by atoms with Crippen LogP contribution in [0.5, 0.6) is 0 Å². The average molecular weight is 437 g/mol. The van der Waals surface area contributed by atoms with Crippen molar-refractivity contribution in [3.8, 4) is 0 Å². The zero-order valence-corrected chi connectivity index (χ0v) is 18.0. The Kier molecular flexibility index (Phi) is 11.9. The summed E-state index contributed by atoms with van der Waals surface area (Å²) in [6, 6.07) is 10.7. The number of benzene rings is 1. The molecule has 2 aliphatic heterocycles. The van der Waals surface area contributed by atoms with Crippen molar-refractivity contribution in [2.24, 2.45) is 0 Å². The van der Waals surface area contributed by atoms with Crippen LogP contribution < -0.4 is 5.32 Å². The second kappa shape index (κ2) is 13.0. The van der Waals surface area contributed by atoms with Gasteiger partial charge in [0.05, 0.1) is 18.8 Å². The lowest BCUT2D eigenvalue weighted by atomic mass is 10.0. The molecule has 28 heavy (non-hydrogen) atoms. The number of aliphatic hydroxyl groups is 2. The first-order valence-electron chi connectivity index (χ1n) is 9.68. The van der Waals surface area contributed by atoms with E-state index in [0.29, 0.717) is 12.6 Å². The smallest absolute Gasteiger partial charge is 0.109 e. The van der Waals surface area contributed by atoms with Crippen molar-refractivity contribution in [2.75, 3.05) is 40.0 Å². The summed E-state index contributed by atoms with van der Waals surface area (Å²) in [6.45, 7) is 2.95. The molecule has 2 saturated heterocycles. The van der Waals surface area contributed by atoms with Crippen LogP contribution in [-0.4, -0.2) is 85.5 Å². The van der Waals surface area contributed by atoms with E-state index in [4.69, 9.17) is 9.47 Å². The van der Waals surface area contributed by atoms with Gasteiger partial charge in [0.15, 0.2) is 0 Å². The van der Waals surface area contributed by atoms with Gasteiger partial charge in [0.25, 0.3) is 0 Å². The van der Waals surface area contributed by atoms with Crippen molar-refractivity contribution in [1.29, 1.82) is 0 Å². The minimum Gasteiger partial charge on any atom is -0.394 e. The van der Waals surface area contributed by atoms with Gasteiger partial charge in [0.2, 0.25) is 0 Å². The molecule has 2 heterocycles. The lowest BCUT2D eigenvalue weighted by Crippen LogP contribution is -2.51. The van der Waals surface area contributed by atoms with Gasteiger partial charge in [-0.25, -0.2) is 0 Å². The summed E-state index contributed by atoms with van der Waals surface area (Å²) < 4.78 is 11.4. The molecular formula is C20H34Cl2N2O4. The topological polar surface area (TPSA) is 74.2 Å². The first kappa shape index (κ1) is 25.6. The van der Waals surface area contributed by atoms with E-state index in [1.54, 1.807) is 0 Å². The normalized spacial score (nSPS) is 28.0. The highest BCUT2D eigenvalue weighted by atomic mass is 35.5. The molecule has 162 valence electrons. The van der Waals surface area contributed by atoms with Crippen LogP contribution in [0.1, 0.15) is 18.4 Å². The van der Waals surface area contributed by atoms with E-state index in [1.165, 1.54) is 5.56 Å². The summed E-state index contributed by atoms with van der Waals surface area (Å²) >= 11 is 0. The number of hydrogen-bond donors (Lipinski definition) is 3. The third kappa shape index (κ3) is 6.82. The van der Waals surface area contributed by atoms with Crippen molar-refractivity contribution in [2.45, 2.75) is 49.7 Å². The molecule has 0 aliphatic carbocycles. The first-order valence-corrected chi connectivity index (χ1v) is 9.68. The standard InChI is InChI=1S/C20H32N2O4.2ClH/c1-22(10-7-15-5-3-2-4-6-15)19-17(26-18(14-23)20(19)24)13-21-16-8-11-25-12-9-16;;/h2-6,16-21,23-24H,7-14H2,1H3;2*1H/t17-,18+,19+,20-;;/m1../s1. The monoisotopic (exact) mass is 436 g/mol. The van der Waals surface area contributed by atoms with Crippen LogP contribution in [0.25, 0.3) is 0 Å². The van der Waals surface area contributed by atoms with Gasteiger partial charge >= 0.3 is 0 Å². The molecule has 0 bridgehead atoms. The third-order valence-electron chi connectivity index (χ3n) is 5.58. The molecule has 2 aliphatic rings. The zero-order chi connectivity index (χ0) is 18.4. The van der Waals surface area contributed by atoms with Gasteiger partial charge in [-0.1, -0.05) is 30.3 Å². The fourth-order valence-corrected chi connectivity index (χ4v) is 3.97. The fraction of sp³-hybridized carbons (Fsp3) is 0.700.